The lowest BCUT2D eigenvalue weighted by Crippen LogP contribution is -2.29. The Balaban J connectivity index is 1.80. The maximum Gasteiger partial charge on any atom is 0.410 e. The Bertz CT molecular complexity index is 355. The number of nitrogens with zero attached hydrogens (tertiary/aromatic N) is 1. The van der Waals surface area contributed by atoms with Crippen molar-refractivity contribution in [2.45, 2.75) is 18.4 Å². The van der Waals surface area contributed by atoms with E-state index in [1.54, 1.807) is 4.90 Å². The monoisotopic (exact) mass is 239 g/mol. The smallest absolute Gasteiger partial charge is 0.410 e. The number of rotatable bonds is 2. The summed E-state index contributed by atoms with van der Waals surface area (Å²) in [6.45, 7) is 1.61. The quantitative estimate of drug-likeness (QED) is 0.743. The molecule has 1 aliphatic heterocycles. The molecule has 1 unspecified atom stereocenters. The molecule has 1 heterocycles. The Kier molecular flexibility index (Phi) is 3.67. The first-order valence-corrected chi connectivity index (χ1v) is 5.79. The minimum atomic E-state index is -0.271. The molecule has 2 rings (SSSR count). The van der Waals surface area contributed by atoms with E-state index in [4.69, 9.17) is 16.3 Å². The molecule has 3 nitrogen and oxygen atoms in total. The summed E-state index contributed by atoms with van der Waals surface area (Å²) in [5.41, 5.74) is 0.998. The molecule has 0 aromatic heterocycles. The lowest BCUT2D eigenvalue weighted by atomic mass is 10.2. The number of carbonyl (C=O) groups is 1. The first-order valence-electron chi connectivity index (χ1n) is 5.35. The second kappa shape index (κ2) is 5.21. The lowest BCUT2D eigenvalue weighted by molar-refractivity contribution is 0.104. The molecule has 1 aliphatic rings. The highest BCUT2D eigenvalue weighted by molar-refractivity contribution is 6.21. The van der Waals surface area contributed by atoms with Gasteiger partial charge in [0.25, 0.3) is 0 Å². The second-order valence-electron chi connectivity index (χ2n) is 3.87. The number of hydrogen-bond acceptors (Lipinski definition) is 2. The van der Waals surface area contributed by atoms with Crippen molar-refractivity contribution in [3.8, 4) is 0 Å². The number of carbonyl (C=O) groups excluding carboxylic acids is 1. The first-order chi connectivity index (χ1) is 7.75. The third kappa shape index (κ3) is 2.89. The van der Waals surface area contributed by atoms with Crippen molar-refractivity contribution in [2.24, 2.45) is 0 Å². The molecule has 1 saturated heterocycles. The number of benzene rings is 1. The molecule has 1 atom stereocenters. The zero-order valence-corrected chi connectivity index (χ0v) is 9.69. The van der Waals surface area contributed by atoms with Crippen molar-refractivity contribution in [3.05, 3.63) is 35.9 Å². The Hall–Kier alpha value is -1.22. The normalized spacial score (nSPS) is 19.8. The van der Waals surface area contributed by atoms with Gasteiger partial charge in [-0.1, -0.05) is 30.3 Å². The molecule has 0 spiro atoms. The van der Waals surface area contributed by atoms with E-state index >= 15 is 0 Å². The highest BCUT2D eigenvalue weighted by Crippen LogP contribution is 2.15. The van der Waals surface area contributed by atoms with Crippen LogP contribution >= 0.6 is 11.6 Å². The van der Waals surface area contributed by atoms with Crippen LogP contribution in [0.25, 0.3) is 0 Å². The van der Waals surface area contributed by atoms with Gasteiger partial charge in [0.05, 0.1) is 5.38 Å². The van der Waals surface area contributed by atoms with Crippen molar-refractivity contribution in [1.29, 1.82) is 0 Å². The molecular formula is C12H14ClNO2. The molecule has 0 saturated carbocycles. The summed E-state index contributed by atoms with van der Waals surface area (Å²) in [7, 11) is 0. The number of ether oxygens (including phenoxy) is 1. The van der Waals surface area contributed by atoms with Crippen molar-refractivity contribution in [2.75, 3.05) is 13.1 Å². The van der Waals surface area contributed by atoms with Gasteiger partial charge in [0.1, 0.15) is 6.61 Å². The molecule has 16 heavy (non-hydrogen) atoms. The fourth-order valence-corrected chi connectivity index (χ4v) is 1.96. The summed E-state index contributed by atoms with van der Waals surface area (Å²) in [6, 6.07) is 9.65. The largest absolute Gasteiger partial charge is 0.445 e. The number of halogens is 1. The van der Waals surface area contributed by atoms with Crippen molar-refractivity contribution >= 4 is 17.7 Å². The van der Waals surface area contributed by atoms with Crippen molar-refractivity contribution < 1.29 is 9.53 Å². The number of likely N-dealkylation sites (tertiary alicyclic amines) is 1. The number of alkyl halides is 1. The third-order valence-electron chi connectivity index (χ3n) is 2.59. The Morgan fingerprint density at radius 1 is 1.44 bits per heavy atom. The summed E-state index contributed by atoms with van der Waals surface area (Å²) >= 11 is 5.92. The van der Waals surface area contributed by atoms with Gasteiger partial charge in [0.2, 0.25) is 0 Å². The van der Waals surface area contributed by atoms with E-state index in [2.05, 4.69) is 0 Å². The minimum absolute atomic E-state index is 0.0734. The average Bonchev–Trinajstić information content (AvgIpc) is 2.74. The Morgan fingerprint density at radius 3 is 2.81 bits per heavy atom. The van der Waals surface area contributed by atoms with Gasteiger partial charge in [-0.3, -0.25) is 0 Å². The first kappa shape index (κ1) is 11.3. The molecule has 0 bridgehead atoms. The van der Waals surface area contributed by atoms with Crippen LogP contribution in [0.5, 0.6) is 0 Å². The fraction of sp³-hybridized carbons (Fsp3) is 0.417. The SMILES string of the molecule is O=C(OCc1ccccc1)N1CCC(Cl)C1. The van der Waals surface area contributed by atoms with Crippen molar-refractivity contribution in [3.63, 3.8) is 0 Å². The maximum atomic E-state index is 11.6. The van der Waals surface area contributed by atoms with Crippen LogP contribution in [0.4, 0.5) is 4.79 Å². The van der Waals surface area contributed by atoms with Crippen LogP contribution in [0.15, 0.2) is 30.3 Å². The molecule has 4 heteroatoms. The summed E-state index contributed by atoms with van der Waals surface area (Å²) in [4.78, 5) is 13.3. The third-order valence-corrected chi connectivity index (χ3v) is 2.95. The molecule has 0 radical (unpaired) electrons. The highest BCUT2D eigenvalue weighted by atomic mass is 35.5. The molecule has 1 aromatic carbocycles. The van der Waals surface area contributed by atoms with Crippen LogP contribution in [0, 0.1) is 0 Å². The number of amides is 1. The summed E-state index contributed by atoms with van der Waals surface area (Å²) in [6.07, 6.45) is 0.578. The van der Waals surface area contributed by atoms with Gasteiger partial charge >= 0.3 is 6.09 Å². The summed E-state index contributed by atoms with van der Waals surface area (Å²) in [5, 5.41) is 0.0734. The second-order valence-corrected chi connectivity index (χ2v) is 4.49. The molecular weight excluding hydrogens is 226 g/mol. The predicted octanol–water partition coefficient (Wildman–Crippen LogP) is 2.64. The van der Waals surface area contributed by atoms with Gasteiger partial charge in [-0.25, -0.2) is 4.79 Å². The maximum absolute atomic E-state index is 11.6. The molecule has 1 fully saturated rings. The van der Waals surface area contributed by atoms with E-state index < -0.39 is 0 Å². The van der Waals surface area contributed by atoms with Crippen LogP contribution in [0.2, 0.25) is 0 Å². The van der Waals surface area contributed by atoms with E-state index in [9.17, 15) is 4.79 Å². The van der Waals surface area contributed by atoms with Crippen molar-refractivity contribution in [1.82, 2.24) is 4.90 Å². The number of hydrogen-bond donors (Lipinski definition) is 0. The van der Waals surface area contributed by atoms with Gasteiger partial charge in [-0.05, 0) is 12.0 Å². The summed E-state index contributed by atoms with van der Waals surface area (Å²) < 4.78 is 5.19. The van der Waals surface area contributed by atoms with Gasteiger partial charge < -0.3 is 9.64 Å². The molecule has 0 aliphatic carbocycles. The molecule has 1 aromatic rings. The standard InChI is InChI=1S/C12H14ClNO2/c13-11-6-7-14(8-11)12(15)16-9-10-4-2-1-3-5-10/h1-5,11H,6-9H2. The lowest BCUT2D eigenvalue weighted by Gasteiger charge is -2.15. The van der Waals surface area contributed by atoms with E-state index in [1.807, 2.05) is 30.3 Å². The van der Waals surface area contributed by atoms with Crippen LogP contribution in [0.1, 0.15) is 12.0 Å². The minimum Gasteiger partial charge on any atom is -0.445 e. The predicted molar refractivity (Wildman–Crippen MR) is 62.5 cm³/mol. The van der Waals surface area contributed by atoms with Crippen LogP contribution in [0.3, 0.4) is 0 Å². The van der Waals surface area contributed by atoms with E-state index in [0.29, 0.717) is 19.7 Å². The van der Waals surface area contributed by atoms with E-state index in [-0.39, 0.29) is 11.5 Å². The molecule has 86 valence electrons. The Labute approximate surface area is 100.0 Å². The van der Waals surface area contributed by atoms with Gasteiger partial charge in [0.15, 0.2) is 0 Å². The zero-order chi connectivity index (χ0) is 11.4. The van der Waals surface area contributed by atoms with E-state index in [0.717, 1.165) is 12.0 Å². The van der Waals surface area contributed by atoms with Gasteiger partial charge in [-0.2, -0.15) is 0 Å². The zero-order valence-electron chi connectivity index (χ0n) is 8.93. The van der Waals surface area contributed by atoms with E-state index in [1.165, 1.54) is 0 Å². The van der Waals surface area contributed by atoms with Crippen LogP contribution in [-0.2, 0) is 11.3 Å². The van der Waals surface area contributed by atoms with Gasteiger partial charge in [0, 0.05) is 13.1 Å². The van der Waals surface area contributed by atoms with Gasteiger partial charge in [-0.15, -0.1) is 11.6 Å². The molecule has 0 N–H and O–H groups in total. The molecule has 1 amide bonds. The average molecular weight is 240 g/mol. The fourth-order valence-electron chi connectivity index (χ4n) is 1.69. The Morgan fingerprint density at radius 2 is 2.19 bits per heavy atom. The topological polar surface area (TPSA) is 29.5 Å². The summed E-state index contributed by atoms with van der Waals surface area (Å²) in [5.74, 6) is 0. The highest BCUT2D eigenvalue weighted by Gasteiger charge is 2.25. The van der Waals surface area contributed by atoms with Crippen LogP contribution in [-0.4, -0.2) is 29.5 Å². The van der Waals surface area contributed by atoms with Crippen LogP contribution < -0.4 is 0 Å².